The van der Waals surface area contributed by atoms with Crippen molar-refractivity contribution in [3.8, 4) is 0 Å². The van der Waals surface area contributed by atoms with Gasteiger partial charge >= 0.3 is 6.03 Å². The van der Waals surface area contributed by atoms with Crippen LogP contribution >= 0.6 is 0 Å². The lowest BCUT2D eigenvalue weighted by Crippen LogP contribution is -2.46. The highest BCUT2D eigenvalue weighted by atomic mass is 32.2. The van der Waals surface area contributed by atoms with Crippen molar-refractivity contribution < 1.29 is 17.9 Å². The van der Waals surface area contributed by atoms with Crippen LogP contribution in [0.3, 0.4) is 0 Å². The molecule has 0 radical (unpaired) electrons. The Kier molecular flexibility index (Phi) is 8.14. The Hall–Kier alpha value is -2.02. The number of sulfonamides is 1. The molecule has 1 fully saturated rings. The predicted octanol–water partition coefficient (Wildman–Crippen LogP) is 3.07. The minimum absolute atomic E-state index is 0.230. The summed E-state index contributed by atoms with van der Waals surface area (Å²) in [6, 6.07) is 2.27. The van der Waals surface area contributed by atoms with Crippen molar-refractivity contribution in [2.24, 2.45) is 0 Å². The summed E-state index contributed by atoms with van der Waals surface area (Å²) >= 11 is 0. The molecule has 0 aromatic carbocycles. The van der Waals surface area contributed by atoms with Gasteiger partial charge in [0.05, 0.1) is 11.4 Å². The maximum absolute atomic E-state index is 12.5. The number of urea groups is 1. The second-order valence-electron chi connectivity index (χ2n) is 9.93. The third-order valence-electron chi connectivity index (χ3n) is 5.68. The first kappa shape index (κ1) is 25.6. The molecule has 3 rings (SSSR count). The van der Waals surface area contributed by atoms with E-state index in [0.717, 1.165) is 25.5 Å². The highest BCUT2D eigenvalue weighted by Gasteiger charge is 2.35. The first-order valence-corrected chi connectivity index (χ1v) is 16.6. The normalized spacial score (nSPS) is 17.7. The minimum atomic E-state index is -3.34. The number of anilines is 1. The van der Waals surface area contributed by atoms with E-state index in [9.17, 15) is 13.2 Å². The average Bonchev–Trinajstić information content (AvgIpc) is 3.36. The zero-order valence-corrected chi connectivity index (χ0v) is 22.0. The fraction of sp³-hybridized carbons (Fsp3) is 0.667. The molecule has 2 aromatic rings. The molecule has 1 aliphatic heterocycles. The van der Waals surface area contributed by atoms with Gasteiger partial charge in [-0.3, -0.25) is 5.32 Å². The van der Waals surface area contributed by atoms with Gasteiger partial charge < -0.3 is 14.6 Å². The van der Waals surface area contributed by atoms with E-state index in [0.29, 0.717) is 30.3 Å². The molecule has 12 heteroatoms. The topological polar surface area (TPSA) is 118 Å². The second-order valence-corrected chi connectivity index (χ2v) is 18.0. The van der Waals surface area contributed by atoms with E-state index in [-0.39, 0.29) is 12.6 Å². The molecule has 0 spiro atoms. The van der Waals surface area contributed by atoms with Crippen LogP contribution in [0.5, 0.6) is 0 Å². The Balaban J connectivity index is 1.53. The molecule has 33 heavy (non-hydrogen) atoms. The Morgan fingerprint density at radius 2 is 2.09 bits per heavy atom. The van der Waals surface area contributed by atoms with Gasteiger partial charge in [-0.05, 0) is 38.8 Å². The summed E-state index contributed by atoms with van der Waals surface area (Å²) in [5.74, 6) is 0.329. The maximum Gasteiger partial charge on any atom is 0.320 e. The summed E-state index contributed by atoms with van der Waals surface area (Å²) in [5, 5.41) is 4.97. The first-order chi connectivity index (χ1) is 15.5. The number of nitrogens with zero attached hydrogens (tertiary/aromatic N) is 4. The molecule has 184 valence electrons. The van der Waals surface area contributed by atoms with Crippen LogP contribution in [0.1, 0.15) is 26.7 Å². The number of aromatic nitrogens is 3. The molecular weight excluding hydrogens is 460 g/mol. The Labute approximate surface area is 197 Å². The second kappa shape index (κ2) is 10.5. The zero-order valence-electron chi connectivity index (χ0n) is 20.2. The lowest BCUT2D eigenvalue weighted by Gasteiger charge is -2.26. The molecule has 2 aromatic heterocycles. The van der Waals surface area contributed by atoms with Gasteiger partial charge in [0.15, 0.2) is 11.5 Å². The van der Waals surface area contributed by atoms with Gasteiger partial charge in [-0.2, -0.15) is 4.31 Å². The molecular formula is C21H36N6O4SSi. The molecule has 1 aliphatic rings. The number of ether oxygens (including phenoxy) is 1. The van der Waals surface area contributed by atoms with Gasteiger partial charge in [0, 0.05) is 40.0 Å². The summed E-state index contributed by atoms with van der Waals surface area (Å²) in [4.78, 5) is 21.2. The number of nitrogens with one attached hydrogen (secondary N) is 2. The number of fused-ring (bicyclic) bond motifs is 1. The van der Waals surface area contributed by atoms with E-state index in [1.54, 1.807) is 13.8 Å². The summed E-state index contributed by atoms with van der Waals surface area (Å²) in [7, 11) is -4.47. The third kappa shape index (κ3) is 6.75. The largest absolute Gasteiger partial charge is 0.361 e. The van der Waals surface area contributed by atoms with Crippen LogP contribution in [-0.4, -0.2) is 72.4 Å². The molecule has 0 aliphatic carbocycles. The predicted molar refractivity (Wildman–Crippen MR) is 132 cm³/mol. The summed E-state index contributed by atoms with van der Waals surface area (Å²) in [5.41, 5.74) is 1.35. The highest BCUT2D eigenvalue weighted by Crippen LogP contribution is 2.23. The fourth-order valence-electron chi connectivity index (χ4n) is 3.66. The van der Waals surface area contributed by atoms with E-state index in [1.807, 2.05) is 16.8 Å². The van der Waals surface area contributed by atoms with Crippen LogP contribution in [0.15, 0.2) is 18.5 Å². The number of hydrogen-bond donors (Lipinski definition) is 2. The van der Waals surface area contributed by atoms with Crippen LogP contribution in [0.4, 0.5) is 10.6 Å². The summed E-state index contributed by atoms with van der Waals surface area (Å²) in [6.45, 7) is 12.2. The minimum Gasteiger partial charge on any atom is -0.361 e. The van der Waals surface area contributed by atoms with Crippen molar-refractivity contribution in [3.63, 3.8) is 0 Å². The van der Waals surface area contributed by atoms with Gasteiger partial charge in [-0.15, -0.1) is 0 Å². The van der Waals surface area contributed by atoms with E-state index in [1.165, 1.54) is 10.5 Å². The Morgan fingerprint density at radius 3 is 2.79 bits per heavy atom. The summed E-state index contributed by atoms with van der Waals surface area (Å²) in [6.07, 6.45) is 4.89. The van der Waals surface area contributed by atoms with Crippen LogP contribution in [0.25, 0.3) is 11.2 Å². The fourth-order valence-corrected chi connectivity index (χ4v) is 5.93. The van der Waals surface area contributed by atoms with Crippen molar-refractivity contribution in [1.29, 1.82) is 0 Å². The van der Waals surface area contributed by atoms with Crippen molar-refractivity contribution in [2.45, 2.75) is 70.4 Å². The SMILES string of the molecule is CC(C)S(=O)(=O)N1CCCC1CNC(=O)Nc1cnc2c(ccn2COCC[Si](C)(C)C)n1. The van der Waals surface area contributed by atoms with Crippen LogP contribution in [0.2, 0.25) is 25.7 Å². The number of amides is 2. The Bertz CT molecular complexity index is 1070. The molecule has 1 unspecified atom stereocenters. The van der Waals surface area contributed by atoms with Crippen LogP contribution in [-0.2, 0) is 21.5 Å². The molecule has 0 bridgehead atoms. The lowest BCUT2D eigenvalue weighted by atomic mass is 10.2. The van der Waals surface area contributed by atoms with Gasteiger partial charge in [-0.1, -0.05) is 19.6 Å². The maximum atomic E-state index is 12.5. The van der Waals surface area contributed by atoms with Gasteiger partial charge in [-0.25, -0.2) is 23.2 Å². The van der Waals surface area contributed by atoms with Crippen molar-refractivity contribution in [1.82, 2.24) is 24.2 Å². The number of rotatable bonds is 10. The zero-order chi connectivity index (χ0) is 24.2. The quantitative estimate of drug-likeness (QED) is 0.385. The molecule has 10 nitrogen and oxygen atoms in total. The lowest BCUT2D eigenvalue weighted by molar-refractivity contribution is 0.0899. The van der Waals surface area contributed by atoms with Crippen LogP contribution in [0, 0.1) is 0 Å². The van der Waals surface area contributed by atoms with Crippen molar-refractivity contribution >= 4 is 41.1 Å². The van der Waals surface area contributed by atoms with Crippen molar-refractivity contribution in [2.75, 3.05) is 25.0 Å². The molecule has 1 saturated heterocycles. The van der Waals surface area contributed by atoms with Gasteiger partial charge in [0.25, 0.3) is 0 Å². The first-order valence-electron chi connectivity index (χ1n) is 11.4. The Morgan fingerprint density at radius 1 is 1.33 bits per heavy atom. The smallest absolute Gasteiger partial charge is 0.320 e. The van der Waals surface area contributed by atoms with E-state index in [4.69, 9.17) is 4.74 Å². The number of hydrogen-bond acceptors (Lipinski definition) is 6. The molecule has 0 saturated carbocycles. The summed E-state index contributed by atoms with van der Waals surface area (Å²) < 4.78 is 34.2. The highest BCUT2D eigenvalue weighted by molar-refractivity contribution is 7.89. The molecule has 1 atom stereocenters. The number of carbonyl (C=O) groups is 1. The standard InChI is InChI=1S/C21H36N6O4SSi/c1-16(2)32(29,30)27-9-6-7-17(27)13-23-21(28)25-19-14-22-20-18(24-19)8-10-26(20)15-31-11-12-33(3,4)5/h8,10,14,16-17H,6-7,9,11-13,15H2,1-5H3,(H2,23,24,25,28). The molecule has 2 amide bonds. The van der Waals surface area contributed by atoms with E-state index in [2.05, 4.69) is 40.2 Å². The van der Waals surface area contributed by atoms with E-state index >= 15 is 0 Å². The van der Waals surface area contributed by atoms with E-state index < -0.39 is 29.4 Å². The van der Waals surface area contributed by atoms with Crippen molar-refractivity contribution in [3.05, 3.63) is 18.5 Å². The van der Waals surface area contributed by atoms with Gasteiger partial charge in [0.2, 0.25) is 10.0 Å². The van der Waals surface area contributed by atoms with Crippen LogP contribution < -0.4 is 10.6 Å². The molecule has 2 N–H and O–H groups in total. The third-order valence-corrected chi connectivity index (χ3v) is 9.71. The van der Waals surface area contributed by atoms with Gasteiger partial charge in [0.1, 0.15) is 12.2 Å². The average molecular weight is 497 g/mol. The monoisotopic (exact) mass is 496 g/mol. The number of carbonyl (C=O) groups excluding carboxylic acids is 1. The molecule has 3 heterocycles.